The highest BCUT2D eigenvalue weighted by Crippen LogP contribution is 2.33. The number of rotatable bonds is 4. The van der Waals surface area contributed by atoms with Gasteiger partial charge in [0.1, 0.15) is 17.0 Å². The Hall–Kier alpha value is -3.23. The third-order valence-electron chi connectivity index (χ3n) is 4.15. The van der Waals surface area contributed by atoms with Gasteiger partial charge in [-0.1, -0.05) is 46.3 Å². The Balaban J connectivity index is 1.64. The van der Waals surface area contributed by atoms with Crippen molar-refractivity contribution in [3.63, 3.8) is 0 Å². The molecule has 0 saturated carbocycles. The Bertz CT molecular complexity index is 1250. The second-order valence-electron chi connectivity index (χ2n) is 6.28. The summed E-state index contributed by atoms with van der Waals surface area (Å²) in [4.78, 5) is 28.6. The van der Waals surface area contributed by atoms with Crippen molar-refractivity contribution in [1.29, 1.82) is 0 Å². The van der Waals surface area contributed by atoms with E-state index in [0.29, 0.717) is 43.9 Å². The molecule has 2 aromatic heterocycles. The zero-order valence-corrected chi connectivity index (χ0v) is 17.0. The van der Waals surface area contributed by atoms with Crippen LogP contribution in [0.5, 0.6) is 0 Å². The van der Waals surface area contributed by atoms with E-state index in [0.717, 1.165) is 4.70 Å². The van der Waals surface area contributed by atoms with Gasteiger partial charge in [0.15, 0.2) is 5.13 Å². The summed E-state index contributed by atoms with van der Waals surface area (Å²) in [6.45, 7) is 3.11. The molecule has 4 aromatic rings. The van der Waals surface area contributed by atoms with Crippen molar-refractivity contribution >= 4 is 55.8 Å². The highest BCUT2D eigenvalue weighted by molar-refractivity contribution is 7.22. The molecule has 2 heterocycles. The third kappa shape index (κ3) is 3.85. The van der Waals surface area contributed by atoms with Crippen LogP contribution in [0.4, 0.5) is 10.8 Å². The van der Waals surface area contributed by atoms with Gasteiger partial charge >= 0.3 is 0 Å². The van der Waals surface area contributed by atoms with E-state index in [1.807, 2.05) is 12.1 Å². The maximum Gasteiger partial charge on any atom is 0.263 e. The molecule has 0 bridgehead atoms. The van der Waals surface area contributed by atoms with Gasteiger partial charge < -0.3 is 9.84 Å². The smallest absolute Gasteiger partial charge is 0.263 e. The second-order valence-corrected chi connectivity index (χ2v) is 7.72. The molecule has 9 heteroatoms. The van der Waals surface area contributed by atoms with Crippen molar-refractivity contribution in [2.24, 2.45) is 0 Å². The number of amides is 2. The number of halogens is 1. The van der Waals surface area contributed by atoms with Crippen LogP contribution in [0.2, 0.25) is 5.02 Å². The number of aryl methyl sites for hydroxylation is 1. The first-order valence-corrected chi connectivity index (χ1v) is 9.82. The van der Waals surface area contributed by atoms with E-state index in [1.165, 1.54) is 18.3 Å². The average molecular weight is 427 g/mol. The molecule has 4 rings (SSSR count). The van der Waals surface area contributed by atoms with E-state index >= 15 is 0 Å². The molecule has 0 aliphatic heterocycles. The molecule has 0 unspecified atom stereocenters. The number of benzene rings is 2. The van der Waals surface area contributed by atoms with Crippen molar-refractivity contribution in [2.45, 2.75) is 13.8 Å². The van der Waals surface area contributed by atoms with Crippen LogP contribution in [0.25, 0.3) is 21.5 Å². The highest BCUT2D eigenvalue weighted by atomic mass is 35.5. The van der Waals surface area contributed by atoms with Crippen molar-refractivity contribution in [3.8, 4) is 11.3 Å². The van der Waals surface area contributed by atoms with Gasteiger partial charge in [-0.3, -0.25) is 14.9 Å². The van der Waals surface area contributed by atoms with Gasteiger partial charge in [-0.05, 0) is 31.2 Å². The second kappa shape index (κ2) is 7.65. The molecule has 0 spiro atoms. The monoisotopic (exact) mass is 426 g/mol. The fourth-order valence-electron chi connectivity index (χ4n) is 2.90. The Morgan fingerprint density at radius 3 is 2.69 bits per heavy atom. The van der Waals surface area contributed by atoms with Gasteiger partial charge in [0.05, 0.1) is 15.2 Å². The van der Waals surface area contributed by atoms with Crippen LogP contribution in [-0.4, -0.2) is 22.0 Å². The van der Waals surface area contributed by atoms with Gasteiger partial charge in [0.2, 0.25) is 5.91 Å². The molecular formula is C20H15ClN4O3S. The molecule has 0 radical (unpaired) electrons. The molecule has 0 fully saturated rings. The summed E-state index contributed by atoms with van der Waals surface area (Å²) in [5, 5.41) is 10.4. The number of hydrogen-bond acceptors (Lipinski definition) is 6. The maximum absolute atomic E-state index is 12.9. The van der Waals surface area contributed by atoms with Crippen LogP contribution in [-0.2, 0) is 4.79 Å². The molecule has 0 aliphatic rings. The van der Waals surface area contributed by atoms with E-state index in [1.54, 1.807) is 37.3 Å². The molecule has 2 amide bonds. The lowest BCUT2D eigenvalue weighted by atomic mass is 10.1. The van der Waals surface area contributed by atoms with Gasteiger partial charge in [-0.2, -0.15) is 0 Å². The van der Waals surface area contributed by atoms with Crippen molar-refractivity contribution in [2.75, 3.05) is 10.6 Å². The van der Waals surface area contributed by atoms with Crippen LogP contribution in [0.1, 0.15) is 23.0 Å². The van der Waals surface area contributed by atoms with E-state index < -0.39 is 0 Å². The van der Waals surface area contributed by atoms with Crippen molar-refractivity contribution < 1.29 is 14.1 Å². The standard InChI is InChI=1S/C20H15ClN4O3S/c1-10-17(18(25-28-10)13-5-3-4-6-14(13)21)19(27)24-20-23-15-8-7-12(22-11(2)26)9-16(15)29-20/h3-9H,1-2H3,(H,22,26)(H,23,24,27). The number of fused-ring (bicyclic) bond motifs is 1. The third-order valence-corrected chi connectivity index (χ3v) is 5.41. The molecule has 0 saturated heterocycles. The van der Waals surface area contributed by atoms with Crippen LogP contribution in [0.15, 0.2) is 47.0 Å². The number of anilines is 2. The largest absolute Gasteiger partial charge is 0.360 e. The zero-order valence-electron chi connectivity index (χ0n) is 15.4. The molecule has 2 aromatic carbocycles. The Morgan fingerprint density at radius 1 is 1.14 bits per heavy atom. The summed E-state index contributed by atoms with van der Waals surface area (Å²) >= 11 is 7.56. The number of aromatic nitrogens is 2. The molecule has 29 heavy (non-hydrogen) atoms. The SMILES string of the molecule is CC(=O)Nc1ccc2nc(NC(=O)c3c(-c4ccccc4Cl)noc3C)sc2c1. The number of nitrogens with zero attached hydrogens (tertiary/aromatic N) is 2. The predicted octanol–water partition coefficient (Wildman–Crippen LogP) is 5.12. The van der Waals surface area contributed by atoms with E-state index in [-0.39, 0.29) is 11.8 Å². The van der Waals surface area contributed by atoms with Gasteiger partial charge in [0.25, 0.3) is 5.91 Å². The summed E-state index contributed by atoms with van der Waals surface area (Å²) in [7, 11) is 0. The number of carbonyl (C=O) groups is 2. The minimum Gasteiger partial charge on any atom is -0.360 e. The summed E-state index contributed by atoms with van der Waals surface area (Å²) < 4.78 is 6.08. The van der Waals surface area contributed by atoms with Crippen LogP contribution >= 0.6 is 22.9 Å². The van der Waals surface area contributed by atoms with Crippen LogP contribution in [0.3, 0.4) is 0 Å². The number of nitrogens with one attached hydrogen (secondary N) is 2. The van der Waals surface area contributed by atoms with Crippen LogP contribution in [0, 0.1) is 6.92 Å². The topological polar surface area (TPSA) is 97.1 Å². The van der Waals surface area contributed by atoms with Gasteiger partial charge in [-0.15, -0.1) is 0 Å². The number of carbonyl (C=O) groups excluding carboxylic acids is 2. The summed E-state index contributed by atoms with van der Waals surface area (Å²) in [5.41, 5.74) is 2.67. The predicted molar refractivity (Wildman–Crippen MR) is 114 cm³/mol. The van der Waals surface area contributed by atoms with E-state index in [2.05, 4.69) is 20.8 Å². The lowest BCUT2D eigenvalue weighted by Crippen LogP contribution is -2.13. The maximum atomic E-state index is 12.9. The Morgan fingerprint density at radius 2 is 1.93 bits per heavy atom. The van der Waals surface area contributed by atoms with E-state index in [4.69, 9.17) is 16.1 Å². The first-order chi connectivity index (χ1) is 13.9. The summed E-state index contributed by atoms with van der Waals surface area (Å²) in [5.74, 6) is -0.163. The Labute approximate surface area is 174 Å². The minimum absolute atomic E-state index is 0.155. The molecule has 7 nitrogen and oxygen atoms in total. The number of hydrogen-bond donors (Lipinski definition) is 2. The van der Waals surface area contributed by atoms with E-state index in [9.17, 15) is 9.59 Å². The zero-order chi connectivity index (χ0) is 20.5. The minimum atomic E-state index is -0.389. The van der Waals surface area contributed by atoms with Crippen LogP contribution < -0.4 is 10.6 Å². The molecule has 0 aliphatic carbocycles. The lowest BCUT2D eigenvalue weighted by Gasteiger charge is -2.04. The van der Waals surface area contributed by atoms with Gasteiger partial charge in [-0.25, -0.2) is 4.98 Å². The summed E-state index contributed by atoms with van der Waals surface area (Å²) in [6, 6.07) is 12.5. The summed E-state index contributed by atoms with van der Waals surface area (Å²) in [6.07, 6.45) is 0. The normalized spacial score (nSPS) is 10.9. The Kier molecular flexibility index (Phi) is 5.04. The fourth-order valence-corrected chi connectivity index (χ4v) is 4.02. The first kappa shape index (κ1) is 19.1. The highest BCUT2D eigenvalue weighted by Gasteiger charge is 2.24. The molecule has 0 atom stereocenters. The quantitative estimate of drug-likeness (QED) is 0.471. The molecule has 146 valence electrons. The molecular weight excluding hydrogens is 412 g/mol. The van der Waals surface area contributed by atoms with Crippen molar-refractivity contribution in [3.05, 3.63) is 58.8 Å². The lowest BCUT2D eigenvalue weighted by molar-refractivity contribution is -0.114. The fraction of sp³-hybridized carbons (Fsp3) is 0.100. The first-order valence-electron chi connectivity index (χ1n) is 8.63. The molecule has 2 N–H and O–H groups in total. The van der Waals surface area contributed by atoms with Crippen molar-refractivity contribution in [1.82, 2.24) is 10.1 Å². The number of thiazole rings is 1. The van der Waals surface area contributed by atoms with Gasteiger partial charge in [0, 0.05) is 18.2 Å². The average Bonchev–Trinajstić information content (AvgIpc) is 3.24.